The smallest absolute Gasteiger partial charge is 0.245 e. The minimum atomic E-state index is -4.04. The van der Waals surface area contributed by atoms with Crippen molar-refractivity contribution in [3.8, 4) is 0 Å². The average Bonchev–Trinajstić information content (AvgIpc) is 2.16. The van der Waals surface area contributed by atoms with Gasteiger partial charge in [0.2, 0.25) is 10.0 Å². The molecule has 0 unspecified atom stereocenters. The Bertz CT molecular complexity index is 455. The van der Waals surface area contributed by atoms with Gasteiger partial charge in [-0.2, -0.15) is 0 Å². The number of aliphatic hydroxyl groups excluding tert-OH is 1. The molecule has 1 aromatic rings. The molecule has 0 radical (unpaired) electrons. The maximum absolute atomic E-state index is 13.3. The number of aliphatic hydroxyl groups is 1. The molecule has 0 aliphatic carbocycles. The van der Waals surface area contributed by atoms with Crippen LogP contribution in [0.1, 0.15) is 6.92 Å². The SMILES string of the molecule is C[C@@H](CO)NS(=O)(=O)c1c(N)cccc1F. The van der Waals surface area contributed by atoms with Crippen LogP contribution in [0.25, 0.3) is 0 Å². The zero-order valence-corrected chi connectivity index (χ0v) is 9.46. The molecule has 0 bridgehead atoms. The fourth-order valence-corrected chi connectivity index (χ4v) is 2.60. The normalized spacial score (nSPS) is 13.7. The Hall–Kier alpha value is -1.18. The van der Waals surface area contributed by atoms with E-state index >= 15 is 0 Å². The number of rotatable bonds is 4. The molecule has 4 N–H and O–H groups in total. The second-order valence-corrected chi connectivity index (χ2v) is 5.01. The average molecular weight is 248 g/mol. The molecule has 1 atom stereocenters. The van der Waals surface area contributed by atoms with Crippen molar-refractivity contribution in [2.24, 2.45) is 0 Å². The zero-order valence-electron chi connectivity index (χ0n) is 8.64. The number of benzene rings is 1. The Kier molecular flexibility index (Phi) is 3.84. The largest absolute Gasteiger partial charge is 0.398 e. The highest BCUT2D eigenvalue weighted by Crippen LogP contribution is 2.21. The van der Waals surface area contributed by atoms with Gasteiger partial charge in [0.25, 0.3) is 0 Å². The topological polar surface area (TPSA) is 92.4 Å². The molecule has 5 nitrogen and oxygen atoms in total. The van der Waals surface area contributed by atoms with Crippen LogP contribution in [0.2, 0.25) is 0 Å². The third kappa shape index (κ3) is 2.69. The van der Waals surface area contributed by atoms with E-state index in [4.69, 9.17) is 10.8 Å². The summed E-state index contributed by atoms with van der Waals surface area (Å²) in [5.74, 6) is -0.919. The van der Waals surface area contributed by atoms with Crippen LogP contribution in [0.15, 0.2) is 23.1 Å². The van der Waals surface area contributed by atoms with Crippen LogP contribution in [-0.2, 0) is 10.0 Å². The van der Waals surface area contributed by atoms with Crippen LogP contribution in [0.5, 0.6) is 0 Å². The first-order valence-electron chi connectivity index (χ1n) is 4.55. The summed E-state index contributed by atoms with van der Waals surface area (Å²) < 4.78 is 38.8. The van der Waals surface area contributed by atoms with Crippen LogP contribution in [0.4, 0.5) is 10.1 Å². The highest BCUT2D eigenvalue weighted by Gasteiger charge is 2.23. The lowest BCUT2D eigenvalue weighted by Gasteiger charge is -2.13. The van der Waals surface area contributed by atoms with Gasteiger partial charge >= 0.3 is 0 Å². The van der Waals surface area contributed by atoms with E-state index in [0.29, 0.717) is 0 Å². The first-order valence-corrected chi connectivity index (χ1v) is 6.04. The summed E-state index contributed by atoms with van der Waals surface area (Å²) in [6.07, 6.45) is 0. The minimum absolute atomic E-state index is 0.169. The molecule has 90 valence electrons. The van der Waals surface area contributed by atoms with Crippen LogP contribution >= 0.6 is 0 Å². The Morgan fingerprint density at radius 2 is 2.19 bits per heavy atom. The monoisotopic (exact) mass is 248 g/mol. The third-order valence-electron chi connectivity index (χ3n) is 1.90. The van der Waals surface area contributed by atoms with E-state index < -0.39 is 26.8 Å². The molecule has 0 aromatic heterocycles. The molecule has 0 spiro atoms. The van der Waals surface area contributed by atoms with Gasteiger partial charge in [0.1, 0.15) is 10.7 Å². The maximum Gasteiger partial charge on any atom is 0.245 e. The number of hydrogen-bond donors (Lipinski definition) is 3. The Balaban J connectivity index is 3.17. The third-order valence-corrected chi connectivity index (χ3v) is 3.58. The zero-order chi connectivity index (χ0) is 12.3. The van der Waals surface area contributed by atoms with E-state index in [2.05, 4.69) is 4.72 Å². The molecule has 0 saturated heterocycles. The van der Waals surface area contributed by atoms with E-state index in [1.165, 1.54) is 19.1 Å². The highest BCUT2D eigenvalue weighted by atomic mass is 32.2. The number of sulfonamides is 1. The molecule has 0 heterocycles. The van der Waals surface area contributed by atoms with Crippen LogP contribution in [0.3, 0.4) is 0 Å². The second kappa shape index (κ2) is 4.77. The molecule has 0 aliphatic rings. The molecule has 0 fully saturated rings. The quantitative estimate of drug-likeness (QED) is 0.657. The van der Waals surface area contributed by atoms with E-state index in [-0.39, 0.29) is 12.3 Å². The number of hydrogen-bond acceptors (Lipinski definition) is 4. The van der Waals surface area contributed by atoms with E-state index in [1.807, 2.05) is 0 Å². The van der Waals surface area contributed by atoms with Gasteiger partial charge in [-0.3, -0.25) is 0 Å². The Morgan fingerprint density at radius 1 is 1.56 bits per heavy atom. The highest BCUT2D eigenvalue weighted by molar-refractivity contribution is 7.89. The van der Waals surface area contributed by atoms with Gasteiger partial charge in [-0.25, -0.2) is 17.5 Å². The molecular weight excluding hydrogens is 235 g/mol. The van der Waals surface area contributed by atoms with Crippen LogP contribution in [-0.4, -0.2) is 26.2 Å². The van der Waals surface area contributed by atoms with E-state index in [1.54, 1.807) is 0 Å². The lowest BCUT2D eigenvalue weighted by molar-refractivity contribution is 0.265. The molecule has 0 amide bonds. The first kappa shape index (κ1) is 12.9. The Morgan fingerprint density at radius 3 is 2.69 bits per heavy atom. The van der Waals surface area contributed by atoms with E-state index in [0.717, 1.165) is 6.07 Å². The number of halogens is 1. The van der Waals surface area contributed by atoms with Crippen molar-refractivity contribution in [2.45, 2.75) is 17.9 Å². The standard InChI is InChI=1S/C9H13FN2O3S/c1-6(5-13)12-16(14,15)9-7(10)3-2-4-8(9)11/h2-4,6,12-13H,5,11H2,1H3/t6-/m0/s1. The van der Waals surface area contributed by atoms with Gasteiger partial charge in [0.15, 0.2) is 0 Å². The fourth-order valence-electron chi connectivity index (χ4n) is 1.17. The molecule has 0 aliphatic heterocycles. The number of nitrogens with one attached hydrogen (secondary N) is 1. The van der Waals surface area contributed by atoms with Gasteiger partial charge < -0.3 is 10.8 Å². The summed E-state index contributed by atoms with van der Waals surface area (Å²) in [5, 5.41) is 8.73. The van der Waals surface area contributed by atoms with Crippen molar-refractivity contribution in [3.63, 3.8) is 0 Å². The second-order valence-electron chi connectivity index (χ2n) is 3.36. The molecule has 1 rings (SSSR count). The summed E-state index contributed by atoms with van der Waals surface area (Å²) in [7, 11) is -4.04. The number of anilines is 1. The van der Waals surface area contributed by atoms with Crippen molar-refractivity contribution in [1.82, 2.24) is 4.72 Å². The van der Waals surface area contributed by atoms with Gasteiger partial charge in [-0.1, -0.05) is 6.07 Å². The van der Waals surface area contributed by atoms with Crippen molar-refractivity contribution in [1.29, 1.82) is 0 Å². The lowest BCUT2D eigenvalue weighted by Crippen LogP contribution is -2.35. The molecule has 16 heavy (non-hydrogen) atoms. The van der Waals surface area contributed by atoms with E-state index in [9.17, 15) is 12.8 Å². The predicted octanol–water partition coefficient (Wildman–Crippen LogP) is 0.0670. The summed E-state index contributed by atoms with van der Waals surface area (Å²) in [5.41, 5.74) is 5.23. The van der Waals surface area contributed by atoms with Crippen LogP contribution in [0, 0.1) is 5.82 Å². The summed E-state index contributed by atoms with van der Waals surface area (Å²) >= 11 is 0. The van der Waals surface area contributed by atoms with Crippen molar-refractivity contribution in [3.05, 3.63) is 24.0 Å². The summed E-state index contributed by atoms with van der Waals surface area (Å²) in [4.78, 5) is -0.588. The molecule has 7 heteroatoms. The van der Waals surface area contributed by atoms with Crippen molar-refractivity contribution in [2.75, 3.05) is 12.3 Å². The Labute approximate surface area is 93.1 Å². The summed E-state index contributed by atoms with van der Waals surface area (Å²) in [6.45, 7) is 1.07. The van der Waals surface area contributed by atoms with Crippen molar-refractivity contribution >= 4 is 15.7 Å². The fraction of sp³-hybridized carbons (Fsp3) is 0.333. The van der Waals surface area contributed by atoms with Gasteiger partial charge in [0.05, 0.1) is 12.3 Å². The van der Waals surface area contributed by atoms with Crippen LogP contribution < -0.4 is 10.5 Å². The predicted molar refractivity (Wildman–Crippen MR) is 57.7 cm³/mol. The molecule has 1 aromatic carbocycles. The van der Waals surface area contributed by atoms with Gasteiger partial charge in [0, 0.05) is 6.04 Å². The first-order chi connectivity index (χ1) is 7.38. The summed E-state index contributed by atoms with van der Waals surface area (Å²) in [6, 6.07) is 2.92. The number of nitrogen functional groups attached to an aromatic ring is 1. The molecular formula is C9H13FN2O3S. The van der Waals surface area contributed by atoms with Gasteiger partial charge in [-0.05, 0) is 19.1 Å². The maximum atomic E-state index is 13.3. The molecule has 0 saturated carbocycles. The van der Waals surface area contributed by atoms with Crippen molar-refractivity contribution < 1.29 is 17.9 Å². The minimum Gasteiger partial charge on any atom is -0.398 e. The lowest BCUT2D eigenvalue weighted by atomic mass is 10.3. The number of nitrogens with two attached hydrogens (primary N) is 1. The van der Waals surface area contributed by atoms with Gasteiger partial charge in [-0.15, -0.1) is 0 Å².